The van der Waals surface area contributed by atoms with Crippen LogP contribution in [0, 0.1) is 28.6 Å². The van der Waals surface area contributed by atoms with Crippen LogP contribution in [0.1, 0.15) is 64.7 Å². The summed E-state index contributed by atoms with van der Waals surface area (Å²) in [6.45, 7) is 1.79. The van der Waals surface area contributed by atoms with Crippen molar-refractivity contribution in [3.63, 3.8) is 0 Å². The fourth-order valence-electron chi connectivity index (χ4n) is 6.36. The van der Waals surface area contributed by atoms with Crippen LogP contribution in [0.3, 0.4) is 0 Å². The van der Waals surface area contributed by atoms with Gasteiger partial charge in [-0.2, -0.15) is 0 Å². The van der Waals surface area contributed by atoms with Crippen LogP contribution in [0.25, 0.3) is 0 Å². The highest BCUT2D eigenvalue weighted by atomic mass is 16.6. The van der Waals surface area contributed by atoms with Gasteiger partial charge in [0.25, 0.3) is 0 Å². The van der Waals surface area contributed by atoms with Gasteiger partial charge in [0.2, 0.25) is 0 Å². The number of rotatable bonds is 2. The van der Waals surface area contributed by atoms with E-state index in [2.05, 4.69) is 6.92 Å². The third-order valence-corrected chi connectivity index (χ3v) is 7.66. The van der Waals surface area contributed by atoms with E-state index in [1.165, 1.54) is 25.7 Å². The van der Waals surface area contributed by atoms with Gasteiger partial charge >= 0.3 is 5.97 Å². The number of aliphatic hydroxyl groups is 1. The maximum atomic E-state index is 12.7. The van der Waals surface area contributed by atoms with Gasteiger partial charge in [-0.05, 0) is 61.7 Å². The molecule has 4 heteroatoms. The summed E-state index contributed by atoms with van der Waals surface area (Å²) < 4.78 is 5.70. The Morgan fingerprint density at radius 2 is 2.00 bits per heavy atom. The zero-order valence-electron chi connectivity index (χ0n) is 14.1. The molecule has 0 aromatic heterocycles. The van der Waals surface area contributed by atoms with Crippen molar-refractivity contribution >= 4 is 11.8 Å². The van der Waals surface area contributed by atoms with Crippen molar-refractivity contribution in [2.75, 3.05) is 6.61 Å². The van der Waals surface area contributed by atoms with Crippen LogP contribution in [0.2, 0.25) is 0 Å². The van der Waals surface area contributed by atoms with Crippen LogP contribution >= 0.6 is 0 Å². The van der Waals surface area contributed by atoms with Gasteiger partial charge in [0.1, 0.15) is 18.5 Å². The highest BCUT2D eigenvalue weighted by molar-refractivity contribution is 5.85. The molecule has 1 N–H and O–H groups in total. The lowest BCUT2D eigenvalue weighted by atomic mass is 9.55. The fourth-order valence-corrected chi connectivity index (χ4v) is 6.36. The first kappa shape index (κ1) is 15.6. The average molecular weight is 320 g/mol. The molecule has 0 radical (unpaired) electrons. The molecule has 0 aromatic carbocycles. The van der Waals surface area contributed by atoms with Gasteiger partial charge in [-0.1, -0.05) is 13.3 Å². The molecule has 128 valence electrons. The van der Waals surface area contributed by atoms with E-state index in [1.54, 1.807) is 0 Å². The Kier molecular flexibility index (Phi) is 3.60. The monoisotopic (exact) mass is 320 g/mol. The van der Waals surface area contributed by atoms with Gasteiger partial charge in [0, 0.05) is 18.3 Å². The van der Waals surface area contributed by atoms with E-state index in [4.69, 9.17) is 9.84 Å². The summed E-state index contributed by atoms with van der Waals surface area (Å²) in [5, 5.41) is 9.11. The lowest BCUT2D eigenvalue weighted by Gasteiger charge is -2.50. The molecular weight excluding hydrogens is 292 g/mol. The van der Waals surface area contributed by atoms with Crippen LogP contribution < -0.4 is 0 Å². The quantitative estimate of drug-likeness (QED) is 0.795. The van der Waals surface area contributed by atoms with Crippen molar-refractivity contribution < 1.29 is 19.4 Å². The van der Waals surface area contributed by atoms with Gasteiger partial charge in [-0.15, -0.1) is 0 Å². The fraction of sp³-hybridized carbons (Fsp3) is 0.895. The smallest absolute Gasteiger partial charge is 0.332 e. The first-order chi connectivity index (χ1) is 11.0. The van der Waals surface area contributed by atoms with E-state index < -0.39 is 12.6 Å². The number of Topliss-reactive ketones (excluding diaryl/α,β-unsaturated/α-hetero) is 1. The standard InChI is InChI=1S/C19H28O4/c1-12-9-19-5-2-3-13(17(19)14(21)4-6-19)15(23-16(22)11-20)10-18(12)7-8-18/h12-13,15,17,20H,2-11H2,1H3/t12-,13?,15+,17?,19?/m0/s1. The third-order valence-electron chi connectivity index (χ3n) is 7.66. The second kappa shape index (κ2) is 5.30. The lowest BCUT2D eigenvalue weighted by Crippen LogP contribution is -2.49. The number of hydrogen-bond donors (Lipinski definition) is 1. The SMILES string of the molecule is C[C@H]1CC23CCCC(C2C(=O)CC3)[C@H](OC(=O)CO)CC12CC2. The van der Waals surface area contributed by atoms with Gasteiger partial charge in [0.05, 0.1) is 0 Å². The topological polar surface area (TPSA) is 63.6 Å². The first-order valence-electron chi connectivity index (χ1n) is 9.33. The Morgan fingerprint density at radius 1 is 1.22 bits per heavy atom. The van der Waals surface area contributed by atoms with Crippen molar-refractivity contribution in [3.8, 4) is 0 Å². The van der Waals surface area contributed by atoms with Crippen LogP contribution in [-0.2, 0) is 14.3 Å². The molecule has 4 rings (SSSR count). The van der Waals surface area contributed by atoms with E-state index in [0.717, 1.165) is 25.7 Å². The molecule has 0 amide bonds. The van der Waals surface area contributed by atoms with E-state index >= 15 is 0 Å². The average Bonchev–Trinajstić information content (AvgIpc) is 3.25. The number of hydrogen-bond acceptors (Lipinski definition) is 4. The molecule has 0 aliphatic heterocycles. The molecule has 0 aromatic rings. The molecule has 3 unspecified atom stereocenters. The molecule has 5 atom stereocenters. The second-order valence-electron chi connectivity index (χ2n) is 8.72. The second-order valence-corrected chi connectivity index (χ2v) is 8.72. The van der Waals surface area contributed by atoms with Crippen LogP contribution in [0.15, 0.2) is 0 Å². The molecule has 0 heterocycles. The summed E-state index contributed by atoms with van der Waals surface area (Å²) >= 11 is 0. The number of ketones is 1. The summed E-state index contributed by atoms with van der Waals surface area (Å²) in [5.74, 6) is 0.745. The molecule has 23 heavy (non-hydrogen) atoms. The molecule has 4 nitrogen and oxygen atoms in total. The summed E-state index contributed by atoms with van der Waals surface area (Å²) in [5.41, 5.74) is 0.485. The van der Waals surface area contributed by atoms with Crippen LogP contribution in [-0.4, -0.2) is 29.6 Å². The lowest BCUT2D eigenvalue weighted by molar-refractivity contribution is -0.166. The predicted octanol–water partition coefficient (Wildman–Crippen LogP) is 2.87. The summed E-state index contributed by atoms with van der Waals surface area (Å²) in [6.07, 6.45) is 9.40. The Morgan fingerprint density at radius 3 is 2.70 bits per heavy atom. The summed E-state index contributed by atoms with van der Waals surface area (Å²) in [6, 6.07) is 0. The first-order valence-corrected chi connectivity index (χ1v) is 9.33. The van der Waals surface area contributed by atoms with Crippen molar-refractivity contribution in [1.29, 1.82) is 0 Å². The van der Waals surface area contributed by atoms with E-state index in [0.29, 0.717) is 23.5 Å². The van der Waals surface area contributed by atoms with Crippen molar-refractivity contribution in [2.45, 2.75) is 70.8 Å². The number of carbonyl (C=O) groups is 2. The van der Waals surface area contributed by atoms with Crippen molar-refractivity contribution in [3.05, 3.63) is 0 Å². The van der Waals surface area contributed by atoms with Crippen LogP contribution in [0.4, 0.5) is 0 Å². The molecule has 4 aliphatic rings. The zero-order valence-corrected chi connectivity index (χ0v) is 14.1. The number of esters is 1. The zero-order chi connectivity index (χ0) is 16.2. The van der Waals surface area contributed by atoms with Crippen molar-refractivity contribution in [2.24, 2.45) is 28.6 Å². The molecular formula is C19H28O4. The largest absolute Gasteiger partial charge is 0.460 e. The molecule has 2 bridgehead atoms. The predicted molar refractivity (Wildman–Crippen MR) is 84.5 cm³/mol. The molecule has 4 fully saturated rings. The minimum absolute atomic E-state index is 0.0892. The maximum Gasteiger partial charge on any atom is 0.332 e. The Bertz CT molecular complexity index is 523. The highest BCUT2D eigenvalue weighted by Gasteiger charge is 2.61. The number of ether oxygens (including phenoxy) is 1. The van der Waals surface area contributed by atoms with Crippen LogP contribution in [0.5, 0.6) is 0 Å². The Balaban J connectivity index is 1.71. The third kappa shape index (κ3) is 2.36. The maximum absolute atomic E-state index is 12.7. The number of carbonyl (C=O) groups excluding carboxylic acids is 2. The molecule has 4 aliphatic carbocycles. The van der Waals surface area contributed by atoms with E-state index in [-0.39, 0.29) is 23.4 Å². The Labute approximate surface area is 138 Å². The van der Waals surface area contributed by atoms with Crippen molar-refractivity contribution in [1.82, 2.24) is 0 Å². The van der Waals surface area contributed by atoms with Gasteiger partial charge in [-0.25, -0.2) is 4.79 Å². The minimum atomic E-state index is -0.560. The molecule has 4 saturated carbocycles. The molecule has 0 saturated heterocycles. The van der Waals surface area contributed by atoms with E-state index in [9.17, 15) is 9.59 Å². The molecule has 1 spiro atoms. The number of aliphatic hydroxyl groups excluding tert-OH is 1. The Hall–Kier alpha value is -0.900. The van der Waals surface area contributed by atoms with Gasteiger partial charge in [0.15, 0.2) is 0 Å². The van der Waals surface area contributed by atoms with Gasteiger partial charge in [-0.3, -0.25) is 4.79 Å². The summed E-state index contributed by atoms with van der Waals surface area (Å²) in [7, 11) is 0. The highest BCUT2D eigenvalue weighted by Crippen LogP contribution is 2.66. The summed E-state index contributed by atoms with van der Waals surface area (Å²) in [4.78, 5) is 24.4. The van der Waals surface area contributed by atoms with E-state index in [1.807, 2.05) is 0 Å². The minimum Gasteiger partial charge on any atom is -0.460 e. The van der Waals surface area contributed by atoms with Gasteiger partial charge < -0.3 is 9.84 Å². The normalized spacial score (nSPS) is 44.3.